The first-order valence-corrected chi connectivity index (χ1v) is 7.38. The van der Waals surface area contributed by atoms with Crippen LogP contribution in [0.3, 0.4) is 0 Å². The number of fused-ring (bicyclic) bond motifs is 1. The van der Waals surface area contributed by atoms with Crippen LogP contribution in [0, 0.1) is 0 Å². The van der Waals surface area contributed by atoms with Gasteiger partial charge < -0.3 is 9.47 Å². The first-order chi connectivity index (χ1) is 10.9. The molecule has 6 heteroatoms. The lowest BCUT2D eigenvalue weighted by atomic mass is 10.1. The van der Waals surface area contributed by atoms with Crippen LogP contribution in [0.4, 0.5) is 5.82 Å². The van der Waals surface area contributed by atoms with Gasteiger partial charge in [0.2, 0.25) is 0 Å². The number of rotatable bonds is 2. The zero-order valence-electron chi connectivity index (χ0n) is 12.1. The molecule has 1 aliphatic heterocycles. The van der Waals surface area contributed by atoms with E-state index in [1.807, 2.05) is 47.7 Å². The highest BCUT2D eigenvalue weighted by Crippen LogP contribution is 2.17. The molecule has 0 atom stereocenters. The summed E-state index contributed by atoms with van der Waals surface area (Å²) in [6, 6.07) is 3.95. The predicted octanol–water partition coefficient (Wildman–Crippen LogP) is 1.66. The Morgan fingerprint density at radius 1 is 0.818 bits per heavy atom. The minimum Gasteiger partial charge on any atom is -0.355 e. The number of anilines is 1. The molecule has 0 saturated heterocycles. The quantitative estimate of drug-likeness (QED) is 0.719. The van der Waals surface area contributed by atoms with Gasteiger partial charge in [-0.1, -0.05) is 0 Å². The zero-order chi connectivity index (χ0) is 14.8. The first kappa shape index (κ1) is 12.9. The summed E-state index contributed by atoms with van der Waals surface area (Å²) in [6.07, 6.45) is 13.0. The van der Waals surface area contributed by atoms with Gasteiger partial charge >= 0.3 is 0 Å². The van der Waals surface area contributed by atoms with E-state index in [0.717, 1.165) is 43.3 Å². The van der Waals surface area contributed by atoms with Crippen LogP contribution in [-0.2, 0) is 12.8 Å². The van der Waals surface area contributed by atoms with Crippen molar-refractivity contribution in [3.05, 3.63) is 60.7 Å². The van der Waals surface area contributed by atoms with Gasteiger partial charge in [0.1, 0.15) is 12.1 Å². The SMILES string of the molecule is c1ccn(-c2cnc(N3CCc4cncnc4CC3)cn2)c1. The molecule has 0 aromatic carbocycles. The lowest BCUT2D eigenvalue weighted by molar-refractivity contribution is 0.781. The third-order valence-electron chi connectivity index (χ3n) is 3.97. The fraction of sp³-hybridized carbons (Fsp3) is 0.250. The average Bonchev–Trinajstić information content (AvgIpc) is 3.02. The van der Waals surface area contributed by atoms with Crippen LogP contribution < -0.4 is 4.90 Å². The van der Waals surface area contributed by atoms with E-state index in [-0.39, 0.29) is 0 Å². The molecule has 0 aliphatic carbocycles. The van der Waals surface area contributed by atoms with Crippen molar-refractivity contribution < 1.29 is 0 Å². The van der Waals surface area contributed by atoms with Gasteiger partial charge in [0.15, 0.2) is 5.82 Å². The van der Waals surface area contributed by atoms with E-state index in [1.54, 1.807) is 6.33 Å². The Bertz CT molecular complexity index is 724. The Morgan fingerprint density at radius 2 is 1.59 bits per heavy atom. The minimum atomic E-state index is 0.831. The van der Waals surface area contributed by atoms with E-state index >= 15 is 0 Å². The molecule has 0 spiro atoms. The van der Waals surface area contributed by atoms with E-state index in [2.05, 4.69) is 24.8 Å². The van der Waals surface area contributed by atoms with Crippen LogP contribution in [0.5, 0.6) is 0 Å². The zero-order valence-corrected chi connectivity index (χ0v) is 12.1. The van der Waals surface area contributed by atoms with Gasteiger partial charge in [-0.2, -0.15) is 0 Å². The molecular formula is C16H16N6. The maximum atomic E-state index is 4.57. The van der Waals surface area contributed by atoms with Crippen molar-refractivity contribution in [3.63, 3.8) is 0 Å². The van der Waals surface area contributed by atoms with E-state index in [4.69, 9.17) is 0 Å². The average molecular weight is 292 g/mol. The fourth-order valence-electron chi connectivity index (χ4n) is 2.75. The molecule has 0 N–H and O–H groups in total. The summed E-state index contributed by atoms with van der Waals surface area (Å²) in [4.78, 5) is 19.8. The summed E-state index contributed by atoms with van der Waals surface area (Å²) < 4.78 is 1.95. The third-order valence-corrected chi connectivity index (χ3v) is 3.97. The van der Waals surface area contributed by atoms with Gasteiger partial charge in [0, 0.05) is 43.8 Å². The monoisotopic (exact) mass is 292 g/mol. The lowest BCUT2D eigenvalue weighted by Crippen LogP contribution is -2.27. The maximum absolute atomic E-state index is 4.57. The Morgan fingerprint density at radius 3 is 2.41 bits per heavy atom. The summed E-state index contributed by atoms with van der Waals surface area (Å²) in [5.41, 5.74) is 2.39. The molecule has 110 valence electrons. The molecule has 1 aliphatic rings. The third kappa shape index (κ3) is 2.43. The summed E-state index contributed by atoms with van der Waals surface area (Å²) in [7, 11) is 0. The molecule has 0 amide bonds. The summed E-state index contributed by atoms with van der Waals surface area (Å²) >= 11 is 0. The highest BCUT2D eigenvalue weighted by atomic mass is 15.2. The van der Waals surface area contributed by atoms with Crippen LogP contribution in [-0.4, -0.2) is 37.6 Å². The molecule has 6 nitrogen and oxygen atoms in total. The maximum Gasteiger partial charge on any atom is 0.155 e. The summed E-state index contributed by atoms with van der Waals surface area (Å²) in [5, 5.41) is 0. The molecule has 0 fully saturated rings. The number of aromatic nitrogens is 5. The van der Waals surface area contributed by atoms with Gasteiger partial charge in [0.25, 0.3) is 0 Å². The smallest absolute Gasteiger partial charge is 0.155 e. The fourth-order valence-corrected chi connectivity index (χ4v) is 2.75. The number of hydrogen-bond donors (Lipinski definition) is 0. The predicted molar refractivity (Wildman–Crippen MR) is 83.0 cm³/mol. The van der Waals surface area contributed by atoms with Crippen LogP contribution in [0.1, 0.15) is 11.3 Å². The van der Waals surface area contributed by atoms with Gasteiger partial charge in [-0.05, 0) is 24.1 Å². The van der Waals surface area contributed by atoms with Crippen molar-refractivity contribution >= 4 is 5.82 Å². The summed E-state index contributed by atoms with van der Waals surface area (Å²) in [6.45, 7) is 1.82. The Balaban J connectivity index is 1.53. The number of hydrogen-bond acceptors (Lipinski definition) is 5. The molecule has 0 radical (unpaired) electrons. The molecular weight excluding hydrogens is 276 g/mol. The van der Waals surface area contributed by atoms with Crippen molar-refractivity contribution in [3.8, 4) is 5.82 Å². The summed E-state index contributed by atoms with van der Waals surface area (Å²) in [5.74, 6) is 1.74. The van der Waals surface area contributed by atoms with Crippen molar-refractivity contribution in [1.82, 2.24) is 24.5 Å². The standard InChI is InChI=1S/C16H16N6/c1-2-6-21(5-1)15-10-19-16(11-18-15)22-7-3-13-9-17-12-20-14(13)4-8-22/h1-2,5-6,9-12H,3-4,7-8H2. The van der Waals surface area contributed by atoms with E-state index in [0.29, 0.717) is 0 Å². The van der Waals surface area contributed by atoms with Crippen LogP contribution in [0.25, 0.3) is 5.82 Å². The largest absolute Gasteiger partial charge is 0.355 e. The first-order valence-electron chi connectivity index (χ1n) is 7.38. The van der Waals surface area contributed by atoms with Crippen molar-refractivity contribution in [2.45, 2.75) is 12.8 Å². The topological polar surface area (TPSA) is 59.7 Å². The van der Waals surface area contributed by atoms with E-state index in [1.165, 1.54) is 5.56 Å². The van der Waals surface area contributed by atoms with Gasteiger partial charge in [-0.25, -0.2) is 19.9 Å². The minimum absolute atomic E-state index is 0.831. The van der Waals surface area contributed by atoms with Crippen LogP contribution in [0.2, 0.25) is 0 Å². The second kappa shape index (κ2) is 5.55. The Hall–Kier alpha value is -2.76. The van der Waals surface area contributed by atoms with Crippen LogP contribution in [0.15, 0.2) is 49.4 Å². The lowest BCUT2D eigenvalue weighted by Gasteiger charge is -2.20. The van der Waals surface area contributed by atoms with E-state index in [9.17, 15) is 0 Å². The molecule has 22 heavy (non-hydrogen) atoms. The second-order valence-corrected chi connectivity index (χ2v) is 5.30. The molecule has 0 bridgehead atoms. The Kier molecular flexibility index (Phi) is 3.27. The van der Waals surface area contributed by atoms with Crippen molar-refractivity contribution in [1.29, 1.82) is 0 Å². The molecule has 4 heterocycles. The van der Waals surface area contributed by atoms with Crippen LogP contribution >= 0.6 is 0 Å². The second-order valence-electron chi connectivity index (χ2n) is 5.30. The number of nitrogens with zero attached hydrogens (tertiary/aromatic N) is 6. The van der Waals surface area contributed by atoms with Crippen molar-refractivity contribution in [2.75, 3.05) is 18.0 Å². The Labute approximate surface area is 128 Å². The highest BCUT2D eigenvalue weighted by Gasteiger charge is 2.16. The van der Waals surface area contributed by atoms with E-state index < -0.39 is 0 Å². The molecule has 4 rings (SSSR count). The normalized spacial score (nSPS) is 14.5. The van der Waals surface area contributed by atoms with Gasteiger partial charge in [-0.15, -0.1) is 0 Å². The molecule has 0 saturated carbocycles. The van der Waals surface area contributed by atoms with Gasteiger partial charge in [-0.3, -0.25) is 0 Å². The molecule has 3 aromatic heterocycles. The highest BCUT2D eigenvalue weighted by molar-refractivity contribution is 5.40. The van der Waals surface area contributed by atoms with Gasteiger partial charge in [0.05, 0.1) is 12.4 Å². The molecule has 0 unspecified atom stereocenters. The molecule has 3 aromatic rings. The van der Waals surface area contributed by atoms with Crippen molar-refractivity contribution in [2.24, 2.45) is 0 Å².